The molecule has 0 spiro atoms. The van der Waals surface area contributed by atoms with Crippen LogP contribution in [0.1, 0.15) is 34.3 Å². The van der Waals surface area contributed by atoms with Crippen LogP contribution in [0.2, 0.25) is 0 Å². The number of ketones is 1. The first kappa shape index (κ1) is 13.4. The standard InChI is InChI=1S/C14H13BrO5/c15-10-8-4-2-5-19-12(8)9(11(16)14(17)18)7-3-1-6-20-13(7)10/h1-6H2,(H,17,18). The van der Waals surface area contributed by atoms with Crippen molar-refractivity contribution in [2.75, 3.05) is 13.2 Å². The van der Waals surface area contributed by atoms with Gasteiger partial charge in [-0.2, -0.15) is 0 Å². The van der Waals surface area contributed by atoms with E-state index in [9.17, 15) is 9.59 Å². The van der Waals surface area contributed by atoms with Gasteiger partial charge in [0.05, 0.1) is 23.2 Å². The predicted octanol–water partition coefficient (Wildman–Crippen LogP) is 2.37. The van der Waals surface area contributed by atoms with Crippen LogP contribution in [0.25, 0.3) is 0 Å². The highest BCUT2D eigenvalue weighted by molar-refractivity contribution is 9.10. The zero-order valence-corrected chi connectivity index (χ0v) is 12.3. The first-order valence-corrected chi connectivity index (χ1v) is 7.31. The summed E-state index contributed by atoms with van der Waals surface area (Å²) in [5.41, 5.74) is 1.66. The van der Waals surface area contributed by atoms with E-state index in [1.807, 2.05) is 0 Å². The van der Waals surface area contributed by atoms with Crippen molar-refractivity contribution in [1.29, 1.82) is 0 Å². The topological polar surface area (TPSA) is 72.8 Å². The number of hydrogen-bond donors (Lipinski definition) is 1. The van der Waals surface area contributed by atoms with Gasteiger partial charge in [-0.15, -0.1) is 0 Å². The first-order valence-electron chi connectivity index (χ1n) is 6.51. The summed E-state index contributed by atoms with van der Waals surface area (Å²) in [5.74, 6) is -1.36. The van der Waals surface area contributed by atoms with Gasteiger partial charge in [0.15, 0.2) is 0 Å². The van der Waals surface area contributed by atoms with Crippen LogP contribution in [0.3, 0.4) is 0 Å². The molecule has 5 nitrogen and oxygen atoms in total. The van der Waals surface area contributed by atoms with Crippen molar-refractivity contribution in [3.63, 3.8) is 0 Å². The second kappa shape index (κ2) is 5.09. The van der Waals surface area contributed by atoms with E-state index in [2.05, 4.69) is 15.9 Å². The molecule has 0 unspecified atom stereocenters. The fourth-order valence-corrected chi connectivity index (χ4v) is 3.47. The minimum atomic E-state index is -1.46. The van der Waals surface area contributed by atoms with Gasteiger partial charge in [0.1, 0.15) is 11.5 Å². The Morgan fingerprint density at radius 3 is 2.25 bits per heavy atom. The number of carboxylic acids is 1. The van der Waals surface area contributed by atoms with Gasteiger partial charge in [-0.1, -0.05) is 0 Å². The highest BCUT2D eigenvalue weighted by Gasteiger charge is 2.33. The largest absolute Gasteiger partial charge is 0.492 e. The molecule has 106 valence electrons. The molecular weight excluding hydrogens is 328 g/mol. The molecule has 0 aromatic heterocycles. The van der Waals surface area contributed by atoms with Crippen LogP contribution in [0, 0.1) is 0 Å². The third-order valence-corrected chi connectivity index (χ3v) is 4.44. The van der Waals surface area contributed by atoms with Crippen molar-refractivity contribution in [3.8, 4) is 11.5 Å². The minimum absolute atomic E-state index is 0.171. The lowest BCUT2D eigenvalue weighted by molar-refractivity contribution is -0.131. The average Bonchev–Trinajstić information content (AvgIpc) is 2.47. The van der Waals surface area contributed by atoms with Gasteiger partial charge < -0.3 is 14.6 Å². The quantitative estimate of drug-likeness (QED) is 0.660. The molecule has 0 bridgehead atoms. The van der Waals surface area contributed by atoms with Crippen LogP contribution >= 0.6 is 15.9 Å². The van der Waals surface area contributed by atoms with Gasteiger partial charge in [0.2, 0.25) is 0 Å². The highest BCUT2D eigenvalue weighted by atomic mass is 79.9. The minimum Gasteiger partial charge on any atom is -0.492 e. The zero-order chi connectivity index (χ0) is 14.3. The third kappa shape index (κ3) is 1.98. The molecule has 0 aliphatic carbocycles. The molecule has 0 fully saturated rings. The molecule has 0 atom stereocenters. The molecule has 2 heterocycles. The summed E-state index contributed by atoms with van der Waals surface area (Å²) in [5, 5.41) is 9.05. The smallest absolute Gasteiger partial charge is 0.377 e. The van der Waals surface area contributed by atoms with Crippen LogP contribution in [-0.2, 0) is 17.6 Å². The van der Waals surface area contributed by atoms with Gasteiger partial charge in [-0.25, -0.2) is 4.79 Å². The van der Waals surface area contributed by atoms with Crippen LogP contribution in [-0.4, -0.2) is 30.1 Å². The summed E-state index contributed by atoms with van der Waals surface area (Å²) in [7, 11) is 0. The Hall–Kier alpha value is -1.56. The average molecular weight is 341 g/mol. The van der Waals surface area contributed by atoms with Gasteiger partial charge in [-0.3, -0.25) is 4.79 Å². The molecule has 0 amide bonds. The Morgan fingerprint density at radius 1 is 1.00 bits per heavy atom. The van der Waals surface area contributed by atoms with Crippen molar-refractivity contribution in [2.24, 2.45) is 0 Å². The number of Topliss-reactive ketones (excluding diaryl/α,β-unsaturated/α-hetero) is 1. The lowest BCUT2D eigenvalue weighted by atomic mass is 9.91. The van der Waals surface area contributed by atoms with E-state index in [0.717, 1.165) is 29.3 Å². The summed E-state index contributed by atoms with van der Waals surface area (Å²) < 4.78 is 12.0. The number of aliphatic carboxylic acids is 1. The maximum atomic E-state index is 12.0. The molecule has 1 aromatic rings. The number of fused-ring (bicyclic) bond motifs is 2. The molecule has 0 radical (unpaired) electrons. The maximum absolute atomic E-state index is 12.0. The van der Waals surface area contributed by atoms with E-state index in [1.54, 1.807) is 0 Å². The molecule has 1 N–H and O–H groups in total. The number of benzene rings is 1. The summed E-state index contributed by atoms with van der Waals surface area (Å²) >= 11 is 3.51. The molecule has 3 rings (SSSR count). The first-order chi connectivity index (χ1) is 9.61. The van der Waals surface area contributed by atoms with Crippen LogP contribution < -0.4 is 9.47 Å². The molecule has 0 saturated carbocycles. The summed E-state index contributed by atoms with van der Waals surface area (Å²) in [6, 6.07) is 0. The fraction of sp³-hybridized carbons (Fsp3) is 0.429. The number of carbonyl (C=O) groups is 2. The van der Waals surface area contributed by atoms with Crippen molar-refractivity contribution < 1.29 is 24.2 Å². The summed E-state index contributed by atoms with van der Waals surface area (Å²) in [6.45, 7) is 1.07. The molecular formula is C14H13BrO5. The number of hydrogen-bond acceptors (Lipinski definition) is 4. The molecule has 0 saturated heterocycles. The third-order valence-electron chi connectivity index (χ3n) is 3.60. The summed E-state index contributed by atoms with van der Waals surface area (Å²) in [6.07, 6.45) is 2.97. The van der Waals surface area contributed by atoms with Crippen LogP contribution in [0.4, 0.5) is 0 Å². The van der Waals surface area contributed by atoms with Crippen LogP contribution in [0.15, 0.2) is 4.47 Å². The number of carbonyl (C=O) groups excluding carboxylic acids is 1. The Balaban J connectivity index is 2.30. The normalized spacial score (nSPS) is 16.4. The van der Waals surface area contributed by atoms with E-state index in [0.29, 0.717) is 36.7 Å². The van der Waals surface area contributed by atoms with Crippen molar-refractivity contribution >= 4 is 27.7 Å². The predicted molar refractivity (Wildman–Crippen MR) is 73.7 cm³/mol. The van der Waals surface area contributed by atoms with Crippen molar-refractivity contribution in [3.05, 3.63) is 21.2 Å². The van der Waals surface area contributed by atoms with E-state index in [-0.39, 0.29) is 5.56 Å². The van der Waals surface area contributed by atoms with Crippen molar-refractivity contribution in [1.82, 2.24) is 0 Å². The van der Waals surface area contributed by atoms with Gasteiger partial charge in [0, 0.05) is 11.1 Å². The van der Waals surface area contributed by atoms with Gasteiger partial charge >= 0.3 is 5.97 Å². The van der Waals surface area contributed by atoms with E-state index >= 15 is 0 Å². The monoisotopic (exact) mass is 340 g/mol. The fourth-order valence-electron chi connectivity index (χ4n) is 2.74. The SMILES string of the molecule is O=C(O)C(=O)c1c2c(c(Br)c3c1OCCC3)OCCC2. The van der Waals surface area contributed by atoms with E-state index in [1.165, 1.54) is 0 Å². The number of carboxylic acid groups (broad SMARTS) is 1. The molecule has 6 heteroatoms. The van der Waals surface area contributed by atoms with Crippen molar-refractivity contribution in [2.45, 2.75) is 25.7 Å². The second-order valence-electron chi connectivity index (χ2n) is 4.84. The lowest BCUT2D eigenvalue weighted by Crippen LogP contribution is -2.23. The lowest BCUT2D eigenvalue weighted by Gasteiger charge is -2.28. The van der Waals surface area contributed by atoms with E-state index in [4.69, 9.17) is 14.6 Å². The molecule has 20 heavy (non-hydrogen) atoms. The van der Waals surface area contributed by atoms with Gasteiger partial charge in [-0.05, 0) is 41.6 Å². The van der Waals surface area contributed by atoms with E-state index < -0.39 is 11.8 Å². The van der Waals surface area contributed by atoms with Gasteiger partial charge in [0.25, 0.3) is 5.78 Å². The Kier molecular flexibility index (Phi) is 3.41. The summed E-state index contributed by atoms with van der Waals surface area (Å²) in [4.78, 5) is 23.1. The number of halogens is 1. The molecule has 2 aliphatic heterocycles. The Labute approximate surface area is 124 Å². The van der Waals surface area contributed by atoms with Crippen LogP contribution in [0.5, 0.6) is 11.5 Å². The Morgan fingerprint density at radius 2 is 1.60 bits per heavy atom. The number of rotatable bonds is 2. The zero-order valence-electron chi connectivity index (χ0n) is 10.7. The molecule has 2 aliphatic rings. The number of ether oxygens (including phenoxy) is 2. The highest BCUT2D eigenvalue weighted by Crippen LogP contribution is 2.46. The maximum Gasteiger partial charge on any atom is 0.377 e. The second-order valence-corrected chi connectivity index (χ2v) is 5.64. The molecule has 1 aromatic carbocycles. The Bertz CT molecular complexity index is 571.